The molecule has 2 aliphatic heterocycles. The van der Waals surface area contributed by atoms with Crippen molar-refractivity contribution in [3.8, 4) is 0 Å². The van der Waals surface area contributed by atoms with Crippen LogP contribution < -0.4 is 11.1 Å². The summed E-state index contributed by atoms with van der Waals surface area (Å²) in [5.41, 5.74) is 4.72. The summed E-state index contributed by atoms with van der Waals surface area (Å²) in [6.45, 7) is 1.35. The number of aliphatic carboxylic acids is 1. The summed E-state index contributed by atoms with van der Waals surface area (Å²) < 4.78 is 0. The number of carboxylic acid groups (broad SMARTS) is 1. The van der Waals surface area contributed by atoms with E-state index in [1.165, 1.54) is 0 Å². The third-order valence-corrected chi connectivity index (χ3v) is 4.45. The number of carbonyl (C=O) groups is 2. The van der Waals surface area contributed by atoms with Gasteiger partial charge in [0.25, 0.3) is 0 Å². The van der Waals surface area contributed by atoms with Crippen LogP contribution in [-0.4, -0.2) is 60.9 Å². The van der Waals surface area contributed by atoms with Gasteiger partial charge in [0.15, 0.2) is 0 Å². The van der Waals surface area contributed by atoms with Crippen LogP contribution >= 0.6 is 0 Å². The highest BCUT2D eigenvalue weighted by Gasteiger charge is 2.51. The Hall–Kier alpha value is -1.08. The second kappa shape index (κ2) is 6.14. The normalized spacial score (nSPS) is 33.5. The first-order chi connectivity index (χ1) is 9.49. The van der Waals surface area contributed by atoms with Crippen LogP contribution in [0.5, 0.6) is 0 Å². The molecule has 2 saturated heterocycles. The number of nitrogens with two attached hydrogens (primary N) is 1. The molecule has 0 saturated carbocycles. The van der Waals surface area contributed by atoms with Crippen molar-refractivity contribution in [2.45, 2.75) is 43.6 Å². The van der Waals surface area contributed by atoms with Gasteiger partial charge in [0, 0.05) is 19.0 Å². The molecule has 20 heavy (non-hydrogen) atoms. The second-order valence-electron chi connectivity index (χ2n) is 5.84. The van der Waals surface area contributed by atoms with E-state index in [0.29, 0.717) is 19.3 Å². The molecule has 0 aliphatic carbocycles. The van der Waals surface area contributed by atoms with Crippen molar-refractivity contribution in [2.75, 3.05) is 19.6 Å². The Morgan fingerprint density at radius 1 is 1.50 bits per heavy atom. The van der Waals surface area contributed by atoms with E-state index in [1.807, 2.05) is 0 Å². The van der Waals surface area contributed by atoms with Gasteiger partial charge in [-0.1, -0.05) is 12.7 Å². The third kappa shape index (κ3) is 2.83. The van der Waals surface area contributed by atoms with Crippen LogP contribution in [0.15, 0.2) is 0 Å². The molecule has 0 spiro atoms. The van der Waals surface area contributed by atoms with Gasteiger partial charge in [-0.2, -0.15) is 0 Å². The highest BCUT2D eigenvalue weighted by Crippen LogP contribution is 2.31. The lowest BCUT2D eigenvalue weighted by atomic mass is 9.83. The van der Waals surface area contributed by atoms with E-state index >= 15 is 0 Å². The average Bonchev–Trinajstić information content (AvgIpc) is 3.04. The smallest absolute Gasteiger partial charge is 0.325 e. The minimum Gasteiger partial charge on any atom is -0.480 e. The van der Waals surface area contributed by atoms with Crippen molar-refractivity contribution < 1.29 is 14.7 Å². The molecule has 2 aliphatic rings. The second-order valence-corrected chi connectivity index (χ2v) is 5.84. The van der Waals surface area contributed by atoms with E-state index in [0.717, 1.165) is 25.8 Å². The van der Waals surface area contributed by atoms with Crippen molar-refractivity contribution in [3.05, 3.63) is 0 Å². The molecule has 0 aromatic heterocycles. The zero-order valence-corrected chi connectivity index (χ0v) is 11.7. The first-order valence-electron chi connectivity index (χ1n) is 7.23. The zero-order chi connectivity index (χ0) is 14.8. The number of likely N-dealkylation sites (tertiary alicyclic amines) is 1. The van der Waals surface area contributed by atoms with Gasteiger partial charge in [-0.05, 0) is 25.8 Å². The molecule has 2 rings (SSSR count). The number of hydrogen-bond acceptors (Lipinski definition) is 4. The highest BCUT2D eigenvalue weighted by molar-refractivity contribution is 6.08. The Balaban J connectivity index is 2.06. The van der Waals surface area contributed by atoms with Gasteiger partial charge in [-0.25, -0.2) is 0 Å². The lowest BCUT2D eigenvalue weighted by Crippen LogP contribution is -2.55. The summed E-state index contributed by atoms with van der Waals surface area (Å²) in [6.07, 6.45) is 3.66. The molecule has 3 unspecified atom stereocenters. The van der Waals surface area contributed by atoms with Crippen molar-refractivity contribution >= 4 is 19.7 Å². The molecule has 0 aromatic carbocycles. The van der Waals surface area contributed by atoms with Crippen LogP contribution in [0.25, 0.3) is 0 Å². The van der Waals surface area contributed by atoms with E-state index in [9.17, 15) is 14.7 Å². The summed E-state index contributed by atoms with van der Waals surface area (Å²) >= 11 is 0. The maximum atomic E-state index is 12.4. The first-order valence-corrected chi connectivity index (χ1v) is 7.23. The maximum Gasteiger partial charge on any atom is 0.325 e. The van der Waals surface area contributed by atoms with Crippen LogP contribution in [0.2, 0.25) is 6.32 Å². The number of nitrogens with one attached hydrogen (secondary N) is 1. The number of carbonyl (C=O) groups excluding carboxylic acids is 1. The standard InChI is InChI=1S/C13H22BN3O3/c14-5-1-3-9-7-17(8-13(9,15)12(19)20)11(18)10-4-2-6-16-10/h9-10,16H,1-8,15H2,(H,19,20). The lowest BCUT2D eigenvalue weighted by molar-refractivity contribution is -0.144. The first kappa shape index (κ1) is 15.3. The monoisotopic (exact) mass is 279 g/mol. The van der Waals surface area contributed by atoms with Crippen LogP contribution in [0.4, 0.5) is 0 Å². The molecule has 4 N–H and O–H groups in total. The van der Waals surface area contributed by atoms with Crippen molar-refractivity contribution in [1.82, 2.24) is 10.2 Å². The fraction of sp³-hybridized carbons (Fsp3) is 0.846. The SMILES string of the molecule is [B]CCCC1CN(C(=O)C2CCCN2)CC1(N)C(=O)O. The number of carboxylic acids is 1. The summed E-state index contributed by atoms with van der Waals surface area (Å²) in [5, 5.41) is 12.5. The quantitative estimate of drug-likeness (QED) is 0.581. The van der Waals surface area contributed by atoms with E-state index in [1.54, 1.807) is 4.90 Å². The molecule has 1 amide bonds. The zero-order valence-electron chi connectivity index (χ0n) is 11.7. The minimum absolute atomic E-state index is 0.0196. The van der Waals surface area contributed by atoms with Crippen LogP contribution in [0.3, 0.4) is 0 Å². The summed E-state index contributed by atoms with van der Waals surface area (Å²) in [6, 6.07) is -0.179. The molecule has 0 bridgehead atoms. The van der Waals surface area contributed by atoms with Crippen LogP contribution in [0.1, 0.15) is 25.7 Å². The van der Waals surface area contributed by atoms with E-state index in [4.69, 9.17) is 13.6 Å². The molecule has 2 fully saturated rings. The van der Waals surface area contributed by atoms with Gasteiger partial charge < -0.3 is 21.1 Å². The van der Waals surface area contributed by atoms with Gasteiger partial charge in [-0.15, -0.1) is 0 Å². The Morgan fingerprint density at radius 2 is 2.25 bits per heavy atom. The predicted molar refractivity (Wildman–Crippen MR) is 75.4 cm³/mol. The molecule has 2 heterocycles. The Labute approximate surface area is 120 Å². The lowest BCUT2D eigenvalue weighted by Gasteiger charge is -2.25. The van der Waals surface area contributed by atoms with Gasteiger partial charge >= 0.3 is 5.97 Å². The summed E-state index contributed by atoms with van der Waals surface area (Å²) in [4.78, 5) is 25.5. The summed E-state index contributed by atoms with van der Waals surface area (Å²) in [5.74, 6) is -1.28. The van der Waals surface area contributed by atoms with Crippen molar-refractivity contribution in [3.63, 3.8) is 0 Å². The average molecular weight is 279 g/mol. The third-order valence-electron chi connectivity index (χ3n) is 4.45. The van der Waals surface area contributed by atoms with Gasteiger partial charge in [0.1, 0.15) is 5.54 Å². The van der Waals surface area contributed by atoms with Gasteiger partial charge in [-0.3, -0.25) is 9.59 Å². The molecule has 0 aromatic rings. The van der Waals surface area contributed by atoms with E-state index < -0.39 is 11.5 Å². The van der Waals surface area contributed by atoms with Crippen molar-refractivity contribution in [1.29, 1.82) is 0 Å². The highest BCUT2D eigenvalue weighted by atomic mass is 16.4. The molecule has 3 atom stereocenters. The minimum atomic E-state index is -1.34. The number of amides is 1. The largest absolute Gasteiger partial charge is 0.480 e. The van der Waals surface area contributed by atoms with Crippen molar-refractivity contribution in [2.24, 2.45) is 11.7 Å². The predicted octanol–water partition coefficient (Wildman–Crippen LogP) is -0.654. The van der Waals surface area contributed by atoms with Crippen LogP contribution in [-0.2, 0) is 9.59 Å². The summed E-state index contributed by atoms with van der Waals surface area (Å²) in [7, 11) is 5.49. The fourth-order valence-corrected chi connectivity index (χ4v) is 3.18. The Bertz CT molecular complexity index is 387. The maximum absolute atomic E-state index is 12.4. The van der Waals surface area contributed by atoms with E-state index in [2.05, 4.69) is 5.32 Å². The topological polar surface area (TPSA) is 95.7 Å². The molecule has 2 radical (unpaired) electrons. The molecule has 6 nitrogen and oxygen atoms in total. The molecular weight excluding hydrogens is 257 g/mol. The Morgan fingerprint density at radius 3 is 2.80 bits per heavy atom. The Kier molecular flexibility index (Phi) is 4.70. The molecule has 110 valence electrons. The molecule has 7 heteroatoms. The van der Waals surface area contributed by atoms with E-state index in [-0.39, 0.29) is 24.4 Å². The number of nitrogens with zero attached hydrogens (tertiary/aromatic N) is 1. The number of rotatable bonds is 5. The number of hydrogen-bond donors (Lipinski definition) is 3. The van der Waals surface area contributed by atoms with Gasteiger partial charge in [0.05, 0.1) is 13.9 Å². The fourth-order valence-electron chi connectivity index (χ4n) is 3.18. The molecular formula is C13H22BN3O3. The van der Waals surface area contributed by atoms with Gasteiger partial charge in [0.2, 0.25) is 5.91 Å². The van der Waals surface area contributed by atoms with Crippen LogP contribution in [0, 0.1) is 5.92 Å².